The van der Waals surface area contributed by atoms with Crippen LogP contribution in [0.4, 0.5) is 4.79 Å². The van der Waals surface area contributed by atoms with Crippen molar-refractivity contribution in [2.24, 2.45) is 0 Å². The lowest BCUT2D eigenvalue weighted by atomic mass is 10.0. The normalized spacial score (nSPS) is 11.6. The quantitative estimate of drug-likeness (QED) is 0.805. The number of carboxylic acid groups (broad SMARTS) is 1. The van der Waals surface area contributed by atoms with Crippen molar-refractivity contribution in [3.05, 3.63) is 48.0 Å². The first-order valence-electron chi connectivity index (χ1n) is 5.54. The van der Waals surface area contributed by atoms with E-state index in [0.717, 1.165) is 16.3 Å². The third-order valence-electron chi connectivity index (χ3n) is 2.96. The largest absolute Gasteiger partial charge is 0.513 e. The molecule has 0 atom stereocenters. The van der Waals surface area contributed by atoms with E-state index in [1.165, 1.54) is 0 Å². The highest BCUT2D eigenvalue weighted by Gasteiger charge is 2.26. The molecule has 3 nitrogen and oxygen atoms in total. The molecule has 0 aliphatic heterocycles. The molecular formula is C14H16NO2+. The molecule has 0 spiro atoms. The molecule has 0 heterocycles. The zero-order chi connectivity index (χ0) is 12.5. The van der Waals surface area contributed by atoms with E-state index in [9.17, 15) is 4.79 Å². The van der Waals surface area contributed by atoms with Crippen LogP contribution in [-0.4, -0.2) is 29.8 Å². The van der Waals surface area contributed by atoms with Gasteiger partial charge in [-0.3, -0.25) is 0 Å². The highest BCUT2D eigenvalue weighted by atomic mass is 16.4. The maximum absolute atomic E-state index is 11.1. The van der Waals surface area contributed by atoms with Gasteiger partial charge in [-0.1, -0.05) is 42.5 Å². The van der Waals surface area contributed by atoms with Crippen molar-refractivity contribution in [2.45, 2.75) is 6.54 Å². The number of amides is 1. The predicted molar refractivity (Wildman–Crippen MR) is 67.8 cm³/mol. The standard InChI is InChI=1S/C14H15NO2/c1-15(2,14(16)17)10-12-8-5-7-11-6-3-4-9-13(11)12/h3-9H,10H2,1-2H3/p+1. The Morgan fingerprint density at radius 1 is 1.12 bits per heavy atom. The number of quaternary nitrogens is 1. The number of hydrogen-bond acceptors (Lipinski definition) is 1. The molecule has 0 aromatic heterocycles. The lowest BCUT2D eigenvalue weighted by molar-refractivity contribution is -0.830. The summed E-state index contributed by atoms with van der Waals surface area (Å²) in [5.41, 5.74) is 1.07. The third kappa shape index (κ3) is 2.29. The van der Waals surface area contributed by atoms with Crippen LogP contribution in [0.15, 0.2) is 42.5 Å². The topological polar surface area (TPSA) is 37.3 Å². The summed E-state index contributed by atoms with van der Waals surface area (Å²) >= 11 is 0. The first-order valence-corrected chi connectivity index (χ1v) is 5.54. The van der Waals surface area contributed by atoms with E-state index in [4.69, 9.17) is 5.11 Å². The van der Waals surface area contributed by atoms with Gasteiger partial charge in [0.05, 0.1) is 14.1 Å². The van der Waals surface area contributed by atoms with E-state index in [1.807, 2.05) is 42.5 Å². The molecule has 0 saturated carbocycles. The van der Waals surface area contributed by atoms with Gasteiger partial charge in [0.15, 0.2) is 0 Å². The molecule has 17 heavy (non-hydrogen) atoms. The molecule has 2 aromatic carbocycles. The smallest absolute Gasteiger partial charge is 0.435 e. The van der Waals surface area contributed by atoms with Gasteiger partial charge in [0, 0.05) is 5.56 Å². The fourth-order valence-corrected chi connectivity index (χ4v) is 1.92. The summed E-state index contributed by atoms with van der Waals surface area (Å²) in [6.45, 7) is 0.483. The number of fused-ring (bicyclic) bond motifs is 1. The van der Waals surface area contributed by atoms with Crippen LogP contribution in [0.1, 0.15) is 5.56 Å². The van der Waals surface area contributed by atoms with Gasteiger partial charge in [0.1, 0.15) is 6.54 Å². The fraction of sp³-hybridized carbons (Fsp3) is 0.214. The maximum atomic E-state index is 11.1. The summed E-state index contributed by atoms with van der Waals surface area (Å²) in [6, 6.07) is 14.0. The van der Waals surface area contributed by atoms with Crippen LogP contribution in [0.5, 0.6) is 0 Å². The summed E-state index contributed by atoms with van der Waals surface area (Å²) in [5.74, 6) is 0. The summed E-state index contributed by atoms with van der Waals surface area (Å²) in [7, 11) is 3.40. The first-order chi connectivity index (χ1) is 8.00. The summed E-state index contributed by atoms with van der Waals surface area (Å²) in [6.07, 6.45) is -0.821. The fourth-order valence-electron chi connectivity index (χ4n) is 1.92. The molecule has 3 heteroatoms. The predicted octanol–water partition coefficient (Wildman–Crippen LogP) is 3.09. The van der Waals surface area contributed by atoms with E-state index >= 15 is 0 Å². The molecule has 0 aliphatic carbocycles. The van der Waals surface area contributed by atoms with Gasteiger partial charge in [-0.15, -0.1) is 0 Å². The lowest BCUT2D eigenvalue weighted by Crippen LogP contribution is -2.43. The van der Waals surface area contributed by atoms with Gasteiger partial charge < -0.3 is 5.11 Å². The third-order valence-corrected chi connectivity index (χ3v) is 2.96. The average Bonchev–Trinajstić information content (AvgIpc) is 2.29. The van der Waals surface area contributed by atoms with Crippen LogP contribution in [0, 0.1) is 0 Å². The van der Waals surface area contributed by atoms with Crippen molar-refractivity contribution in [1.82, 2.24) is 0 Å². The highest BCUT2D eigenvalue weighted by Crippen LogP contribution is 2.21. The van der Waals surface area contributed by atoms with Crippen molar-refractivity contribution >= 4 is 16.9 Å². The monoisotopic (exact) mass is 230 g/mol. The molecule has 0 radical (unpaired) electrons. The van der Waals surface area contributed by atoms with Crippen molar-refractivity contribution in [3.8, 4) is 0 Å². The van der Waals surface area contributed by atoms with Crippen molar-refractivity contribution in [3.63, 3.8) is 0 Å². The number of benzene rings is 2. The molecule has 1 amide bonds. The van der Waals surface area contributed by atoms with Gasteiger partial charge in [0.25, 0.3) is 0 Å². The Kier molecular flexibility index (Phi) is 2.86. The number of hydrogen-bond donors (Lipinski definition) is 1. The molecule has 2 aromatic rings. The number of carbonyl (C=O) groups is 1. The highest BCUT2D eigenvalue weighted by molar-refractivity contribution is 5.85. The molecular weight excluding hydrogens is 214 g/mol. The van der Waals surface area contributed by atoms with E-state index in [-0.39, 0.29) is 4.48 Å². The zero-order valence-electron chi connectivity index (χ0n) is 10.1. The summed E-state index contributed by atoms with van der Waals surface area (Å²) in [5, 5.41) is 11.4. The van der Waals surface area contributed by atoms with Crippen LogP contribution >= 0.6 is 0 Å². The van der Waals surface area contributed by atoms with E-state index < -0.39 is 6.09 Å². The minimum atomic E-state index is -0.821. The van der Waals surface area contributed by atoms with Gasteiger partial charge in [-0.05, 0) is 10.8 Å². The van der Waals surface area contributed by atoms with Gasteiger partial charge in [-0.2, -0.15) is 4.79 Å². The Morgan fingerprint density at radius 2 is 1.76 bits per heavy atom. The summed E-state index contributed by atoms with van der Waals surface area (Å²) < 4.78 is -0.0615. The summed E-state index contributed by atoms with van der Waals surface area (Å²) in [4.78, 5) is 11.1. The van der Waals surface area contributed by atoms with E-state index in [0.29, 0.717) is 6.54 Å². The average molecular weight is 230 g/mol. The van der Waals surface area contributed by atoms with Crippen LogP contribution in [0.2, 0.25) is 0 Å². The molecule has 88 valence electrons. The second-order valence-corrected chi connectivity index (χ2v) is 4.76. The molecule has 0 unspecified atom stereocenters. The van der Waals surface area contributed by atoms with Crippen LogP contribution < -0.4 is 0 Å². The van der Waals surface area contributed by atoms with Crippen molar-refractivity contribution in [1.29, 1.82) is 0 Å². The molecule has 1 N–H and O–H groups in total. The van der Waals surface area contributed by atoms with E-state index in [1.54, 1.807) is 14.1 Å². The van der Waals surface area contributed by atoms with Gasteiger partial charge >= 0.3 is 6.09 Å². The Hall–Kier alpha value is -1.87. The van der Waals surface area contributed by atoms with Gasteiger partial charge in [-0.25, -0.2) is 4.48 Å². The lowest BCUT2D eigenvalue weighted by Gasteiger charge is -2.23. The second-order valence-electron chi connectivity index (χ2n) is 4.76. The van der Waals surface area contributed by atoms with Crippen molar-refractivity contribution in [2.75, 3.05) is 14.1 Å². The number of rotatable bonds is 2. The zero-order valence-corrected chi connectivity index (χ0v) is 10.1. The second kappa shape index (κ2) is 4.18. The molecule has 2 rings (SSSR count). The molecule has 0 aliphatic rings. The Labute approximate surface area is 100 Å². The number of nitrogens with zero attached hydrogens (tertiary/aromatic N) is 1. The van der Waals surface area contributed by atoms with Crippen LogP contribution in [0.25, 0.3) is 10.8 Å². The van der Waals surface area contributed by atoms with E-state index in [2.05, 4.69) is 0 Å². The SMILES string of the molecule is C[N+](C)(Cc1cccc2ccccc12)C(=O)O. The Balaban J connectivity index is 2.46. The minimum absolute atomic E-state index is 0.0615. The van der Waals surface area contributed by atoms with Gasteiger partial charge in [0.2, 0.25) is 0 Å². The molecule has 0 bridgehead atoms. The molecule has 0 fully saturated rings. The first kappa shape index (κ1) is 11.6. The van der Waals surface area contributed by atoms with Crippen LogP contribution in [0.3, 0.4) is 0 Å². The van der Waals surface area contributed by atoms with Crippen LogP contribution in [-0.2, 0) is 6.54 Å². The molecule has 0 saturated heterocycles. The minimum Gasteiger partial charge on any atom is -0.435 e. The Morgan fingerprint density at radius 3 is 2.47 bits per heavy atom. The maximum Gasteiger partial charge on any atom is 0.513 e. The van der Waals surface area contributed by atoms with Crippen molar-refractivity contribution < 1.29 is 14.4 Å². The Bertz CT molecular complexity index is 556.